The van der Waals surface area contributed by atoms with Gasteiger partial charge >= 0.3 is 0 Å². The summed E-state index contributed by atoms with van der Waals surface area (Å²) in [7, 11) is 0. The van der Waals surface area contributed by atoms with Gasteiger partial charge in [-0.3, -0.25) is 0 Å². The number of hydrogen-bond donors (Lipinski definition) is 1. The zero-order valence-electron chi connectivity index (χ0n) is 10.6. The van der Waals surface area contributed by atoms with E-state index in [9.17, 15) is 9.50 Å². The van der Waals surface area contributed by atoms with E-state index in [0.29, 0.717) is 28.5 Å². The van der Waals surface area contributed by atoms with Gasteiger partial charge in [0.05, 0.1) is 23.0 Å². The Kier molecular flexibility index (Phi) is 4.40. The van der Waals surface area contributed by atoms with Crippen molar-refractivity contribution < 1.29 is 9.50 Å². The molecule has 2 aromatic carbocycles. The number of rotatable bonds is 4. The molecule has 2 rings (SSSR count). The molecular weight excluding hydrogens is 265 g/mol. The van der Waals surface area contributed by atoms with Crippen LogP contribution < -0.4 is 4.90 Å². The van der Waals surface area contributed by atoms with Gasteiger partial charge in [-0.15, -0.1) is 0 Å². The van der Waals surface area contributed by atoms with E-state index in [0.717, 1.165) is 0 Å². The first kappa shape index (κ1) is 13.8. The fourth-order valence-corrected chi connectivity index (χ4v) is 2.41. The first-order valence-corrected chi connectivity index (χ1v) is 6.47. The molecule has 2 nitrogen and oxygen atoms in total. The van der Waals surface area contributed by atoms with Crippen LogP contribution in [0.1, 0.15) is 12.5 Å². The Morgan fingerprint density at radius 3 is 2.53 bits per heavy atom. The monoisotopic (exact) mass is 279 g/mol. The van der Waals surface area contributed by atoms with Gasteiger partial charge in [0.25, 0.3) is 0 Å². The molecule has 100 valence electrons. The zero-order chi connectivity index (χ0) is 13.8. The van der Waals surface area contributed by atoms with Gasteiger partial charge < -0.3 is 10.0 Å². The van der Waals surface area contributed by atoms with Gasteiger partial charge in [0.2, 0.25) is 0 Å². The van der Waals surface area contributed by atoms with Crippen molar-refractivity contribution in [3.63, 3.8) is 0 Å². The zero-order valence-corrected chi connectivity index (χ0v) is 11.4. The Morgan fingerprint density at radius 1 is 1.16 bits per heavy atom. The summed E-state index contributed by atoms with van der Waals surface area (Å²) in [4.78, 5) is 1.77. The van der Waals surface area contributed by atoms with Crippen LogP contribution in [-0.4, -0.2) is 11.7 Å². The lowest BCUT2D eigenvalue weighted by atomic mass is 10.1. The molecule has 0 heterocycles. The van der Waals surface area contributed by atoms with E-state index in [1.54, 1.807) is 41.3 Å². The second-order valence-corrected chi connectivity index (χ2v) is 4.51. The minimum Gasteiger partial charge on any atom is -0.392 e. The van der Waals surface area contributed by atoms with Crippen molar-refractivity contribution in [3.05, 3.63) is 58.9 Å². The smallest absolute Gasteiger partial charge is 0.146 e. The van der Waals surface area contributed by atoms with E-state index in [-0.39, 0.29) is 12.4 Å². The normalized spacial score (nSPS) is 10.5. The molecule has 0 aliphatic heterocycles. The van der Waals surface area contributed by atoms with Crippen LogP contribution >= 0.6 is 11.6 Å². The van der Waals surface area contributed by atoms with E-state index >= 15 is 0 Å². The fourth-order valence-electron chi connectivity index (χ4n) is 2.11. The number of hydrogen-bond acceptors (Lipinski definition) is 2. The van der Waals surface area contributed by atoms with Crippen molar-refractivity contribution in [2.45, 2.75) is 13.5 Å². The summed E-state index contributed by atoms with van der Waals surface area (Å²) in [6, 6.07) is 11.8. The molecule has 0 radical (unpaired) electrons. The maximum atomic E-state index is 13.9. The van der Waals surface area contributed by atoms with Crippen LogP contribution in [0.5, 0.6) is 0 Å². The second-order valence-electron chi connectivity index (χ2n) is 4.10. The Hall–Kier alpha value is -1.58. The van der Waals surface area contributed by atoms with Crippen LogP contribution in [-0.2, 0) is 6.61 Å². The molecule has 4 heteroatoms. The maximum Gasteiger partial charge on any atom is 0.146 e. The number of aliphatic hydroxyl groups excluding tert-OH is 1. The average Bonchev–Trinajstić information content (AvgIpc) is 2.43. The molecule has 19 heavy (non-hydrogen) atoms. The van der Waals surface area contributed by atoms with E-state index in [1.807, 2.05) is 6.92 Å². The Bertz CT molecular complexity index is 574. The van der Waals surface area contributed by atoms with Gasteiger partial charge in [-0.2, -0.15) is 0 Å². The lowest BCUT2D eigenvalue weighted by Gasteiger charge is -2.26. The Morgan fingerprint density at radius 2 is 1.89 bits per heavy atom. The minimum absolute atomic E-state index is 0.138. The summed E-state index contributed by atoms with van der Waals surface area (Å²) >= 11 is 6.21. The summed E-state index contributed by atoms with van der Waals surface area (Å²) in [5.41, 5.74) is 1.78. The predicted molar refractivity (Wildman–Crippen MR) is 76.5 cm³/mol. The molecule has 0 fully saturated rings. The van der Waals surface area contributed by atoms with E-state index in [4.69, 9.17) is 11.6 Å². The van der Waals surface area contributed by atoms with E-state index in [1.165, 1.54) is 6.07 Å². The third-order valence-corrected chi connectivity index (χ3v) is 3.28. The van der Waals surface area contributed by atoms with Crippen LogP contribution in [0, 0.1) is 5.82 Å². The van der Waals surface area contributed by atoms with E-state index < -0.39 is 0 Å². The molecule has 0 aromatic heterocycles. The SMILES string of the molecule is CCN(c1ccccc1F)c1c(Cl)cccc1CO. The molecule has 0 amide bonds. The highest BCUT2D eigenvalue weighted by atomic mass is 35.5. The third kappa shape index (κ3) is 2.72. The van der Waals surface area contributed by atoms with Gasteiger partial charge in [0.15, 0.2) is 0 Å². The second kappa shape index (κ2) is 6.04. The number of halogens is 2. The summed E-state index contributed by atoms with van der Waals surface area (Å²) in [5, 5.41) is 9.92. The summed E-state index contributed by atoms with van der Waals surface area (Å²) in [5.74, 6) is -0.312. The van der Waals surface area contributed by atoms with Crippen molar-refractivity contribution in [1.29, 1.82) is 0 Å². The summed E-state index contributed by atoms with van der Waals surface area (Å²) in [6.45, 7) is 2.33. The minimum atomic E-state index is -0.312. The fraction of sp³-hybridized carbons (Fsp3) is 0.200. The molecule has 1 N–H and O–H groups in total. The third-order valence-electron chi connectivity index (χ3n) is 2.97. The molecule has 0 saturated heterocycles. The van der Waals surface area contributed by atoms with Gasteiger partial charge in [-0.25, -0.2) is 4.39 Å². The predicted octanol–water partition coefficient (Wildman–Crippen LogP) is 4.13. The quantitative estimate of drug-likeness (QED) is 0.910. The van der Waals surface area contributed by atoms with Crippen LogP contribution in [0.15, 0.2) is 42.5 Å². The van der Waals surface area contributed by atoms with Crippen molar-refractivity contribution >= 4 is 23.0 Å². The van der Waals surface area contributed by atoms with Gasteiger partial charge in [0, 0.05) is 12.1 Å². The first-order chi connectivity index (χ1) is 9.19. The van der Waals surface area contributed by atoms with Crippen LogP contribution in [0.2, 0.25) is 5.02 Å². The highest BCUT2D eigenvalue weighted by Gasteiger charge is 2.17. The number of benzene rings is 2. The number of nitrogens with zero attached hydrogens (tertiary/aromatic N) is 1. The molecule has 0 bridgehead atoms. The highest BCUT2D eigenvalue weighted by molar-refractivity contribution is 6.33. The Balaban J connectivity index is 2.58. The largest absolute Gasteiger partial charge is 0.392 e. The molecular formula is C15H15ClFNO. The molecule has 0 unspecified atom stereocenters. The van der Waals surface area contributed by atoms with Gasteiger partial charge in [0.1, 0.15) is 5.82 Å². The average molecular weight is 280 g/mol. The van der Waals surface area contributed by atoms with Gasteiger partial charge in [-0.1, -0.05) is 35.9 Å². The van der Waals surface area contributed by atoms with Crippen LogP contribution in [0.25, 0.3) is 0 Å². The lowest BCUT2D eigenvalue weighted by Crippen LogP contribution is -2.19. The maximum absolute atomic E-state index is 13.9. The molecule has 0 atom stereocenters. The van der Waals surface area contributed by atoms with Crippen molar-refractivity contribution in [2.75, 3.05) is 11.4 Å². The molecule has 0 spiro atoms. The summed E-state index contributed by atoms with van der Waals surface area (Å²) in [6.07, 6.45) is 0. The number of aliphatic hydroxyl groups is 1. The Labute approximate surface area is 117 Å². The van der Waals surface area contributed by atoms with E-state index in [2.05, 4.69) is 0 Å². The van der Waals surface area contributed by atoms with Crippen LogP contribution in [0.4, 0.5) is 15.8 Å². The topological polar surface area (TPSA) is 23.5 Å². The lowest BCUT2D eigenvalue weighted by molar-refractivity contribution is 0.282. The summed E-state index contributed by atoms with van der Waals surface area (Å²) < 4.78 is 13.9. The molecule has 2 aromatic rings. The van der Waals surface area contributed by atoms with Crippen LogP contribution in [0.3, 0.4) is 0 Å². The highest BCUT2D eigenvalue weighted by Crippen LogP contribution is 2.36. The van der Waals surface area contributed by atoms with Crippen molar-refractivity contribution in [2.24, 2.45) is 0 Å². The molecule has 0 aliphatic rings. The molecule has 0 aliphatic carbocycles. The molecule has 0 saturated carbocycles. The first-order valence-electron chi connectivity index (χ1n) is 6.09. The van der Waals surface area contributed by atoms with Crippen molar-refractivity contribution in [3.8, 4) is 0 Å². The number of para-hydroxylation sites is 2. The van der Waals surface area contributed by atoms with Gasteiger partial charge in [-0.05, 0) is 25.1 Å². The number of anilines is 2. The van der Waals surface area contributed by atoms with Crippen molar-refractivity contribution in [1.82, 2.24) is 0 Å². The standard InChI is InChI=1S/C15H15ClFNO/c1-2-18(14-9-4-3-8-13(14)17)15-11(10-19)6-5-7-12(15)16/h3-9,19H,2,10H2,1H3.